The molecule has 0 aliphatic carbocycles. The second kappa shape index (κ2) is 9.19. The number of carbonyl (C=O) groups excluding carboxylic acids is 1. The van der Waals surface area contributed by atoms with Crippen LogP contribution >= 0.6 is 11.6 Å². The number of hydrogen-bond acceptors (Lipinski definition) is 4. The lowest BCUT2D eigenvalue weighted by molar-refractivity contribution is 0.0696. The number of ether oxygens (including phenoxy) is 1. The van der Waals surface area contributed by atoms with E-state index in [0.29, 0.717) is 22.4 Å². The van der Waals surface area contributed by atoms with Crippen LogP contribution in [-0.2, 0) is 6.42 Å². The predicted octanol–water partition coefficient (Wildman–Crippen LogP) is 5.80. The van der Waals surface area contributed by atoms with Gasteiger partial charge in [0.05, 0.1) is 18.2 Å². The number of carbonyl (C=O) groups is 2. The first-order valence-corrected chi connectivity index (χ1v) is 10.5. The molecule has 4 rings (SSSR count). The maximum absolute atomic E-state index is 14.5. The summed E-state index contributed by atoms with van der Waals surface area (Å²) in [7, 11) is 1.46. The molecule has 8 heteroatoms. The second-order valence-electron chi connectivity index (χ2n) is 7.75. The summed E-state index contributed by atoms with van der Waals surface area (Å²) in [6, 6.07) is 12.3. The number of ketones is 1. The number of Topliss-reactive ketones (excluding diaryl/α,β-unsaturated/α-hetero) is 1. The average Bonchev–Trinajstić information content (AvgIpc) is 3.28. The highest BCUT2D eigenvalue weighted by Crippen LogP contribution is 2.35. The number of aliphatic imine (C=N–C) groups is 1. The van der Waals surface area contributed by atoms with Crippen LogP contribution in [0.2, 0.25) is 5.02 Å². The third kappa shape index (κ3) is 4.47. The number of carboxylic acids is 1. The average molecular weight is 482 g/mol. The monoisotopic (exact) mass is 481 g/mol. The van der Waals surface area contributed by atoms with E-state index < -0.39 is 28.9 Å². The summed E-state index contributed by atoms with van der Waals surface area (Å²) in [6.07, 6.45) is 4.68. The summed E-state index contributed by atoms with van der Waals surface area (Å²) in [4.78, 5) is 29.1. The number of halogens is 3. The number of methoxy groups -OCH3 is 1. The number of carboxylic acid groups (broad SMARTS) is 1. The van der Waals surface area contributed by atoms with Crippen LogP contribution in [0.5, 0.6) is 5.75 Å². The molecule has 0 saturated carbocycles. The van der Waals surface area contributed by atoms with Gasteiger partial charge < -0.3 is 9.84 Å². The Morgan fingerprint density at radius 1 is 1.06 bits per heavy atom. The smallest absolute Gasteiger partial charge is 0.335 e. The van der Waals surface area contributed by atoms with Crippen LogP contribution in [-0.4, -0.2) is 35.7 Å². The van der Waals surface area contributed by atoms with Crippen molar-refractivity contribution in [2.45, 2.75) is 12.0 Å². The zero-order chi connectivity index (χ0) is 24.5. The number of nitrogens with zero attached hydrogens (tertiary/aromatic N) is 1. The van der Waals surface area contributed by atoms with Gasteiger partial charge in [0.15, 0.2) is 5.78 Å². The van der Waals surface area contributed by atoms with Gasteiger partial charge >= 0.3 is 5.97 Å². The molecule has 1 N–H and O–H groups in total. The summed E-state index contributed by atoms with van der Waals surface area (Å²) >= 11 is 5.83. The van der Waals surface area contributed by atoms with Crippen molar-refractivity contribution < 1.29 is 28.2 Å². The SMILES string of the molecule is COc1ccc(-c2cc(F)cc(C(=O)O)c2)cc1CC1(C(=O)c2ccc(Cl)cc2F)C=CC=N1. The van der Waals surface area contributed by atoms with E-state index in [2.05, 4.69) is 4.99 Å². The molecule has 0 amide bonds. The maximum atomic E-state index is 14.5. The van der Waals surface area contributed by atoms with E-state index in [1.165, 1.54) is 37.6 Å². The molecule has 5 nitrogen and oxygen atoms in total. The van der Waals surface area contributed by atoms with E-state index in [0.717, 1.165) is 12.1 Å². The highest BCUT2D eigenvalue weighted by atomic mass is 35.5. The van der Waals surface area contributed by atoms with Gasteiger partial charge in [0.25, 0.3) is 0 Å². The molecule has 1 unspecified atom stereocenters. The summed E-state index contributed by atoms with van der Waals surface area (Å²) in [5, 5.41) is 9.43. The van der Waals surface area contributed by atoms with Gasteiger partial charge in [-0.15, -0.1) is 0 Å². The van der Waals surface area contributed by atoms with Crippen molar-refractivity contribution in [2.24, 2.45) is 4.99 Å². The number of allylic oxidation sites excluding steroid dienone is 1. The third-order valence-corrected chi connectivity index (χ3v) is 5.79. The van der Waals surface area contributed by atoms with Crippen LogP contribution < -0.4 is 4.74 Å². The lowest BCUT2D eigenvalue weighted by atomic mass is 9.83. The highest BCUT2D eigenvalue weighted by molar-refractivity contribution is 6.30. The fourth-order valence-electron chi connectivity index (χ4n) is 3.91. The highest BCUT2D eigenvalue weighted by Gasteiger charge is 2.39. The Morgan fingerprint density at radius 2 is 1.85 bits per heavy atom. The van der Waals surface area contributed by atoms with Gasteiger partial charge in [0.1, 0.15) is 22.9 Å². The molecule has 172 valence electrons. The van der Waals surface area contributed by atoms with Crippen molar-refractivity contribution in [3.05, 3.63) is 100 Å². The Hall–Kier alpha value is -3.84. The Morgan fingerprint density at radius 3 is 2.50 bits per heavy atom. The van der Waals surface area contributed by atoms with Crippen LogP contribution in [0.3, 0.4) is 0 Å². The zero-order valence-corrected chi connectivity index (χ0v) is 18.6. The van der Waals surface area contributed by atoms with Crippen molar-refractivity contribution >= 4 is 29.6 Å². The minimum Gasteiger partial charge on any atom is -0.496 e. The molecule has 0 bridgehead atoms. The summed E-state index contributed by atoms with van der Waals surface area (Å²) < 4.78 is 34.1. The Balaban J connectivity index is 1.78. The zero-order valence-electron chi connectivity index (χ0n) is 17.9. The fourth-order valence-corrected chi connectivity index (χ4v) is 4.07. The van der Waals surface area contributed by atoms with Crippen LogP contribution in [0.4, 0.5) is 8.78 Å². The van der Waals surface area contributed by atoms with Crippen LogP contribution in [0.15, 0.2) is 71.7 Å². The van der Waals surface area contributed by atoms with Gasteiger partial charge in [0.2, 0.25) is 0 Å². The molecule has 0 spiro atoms. The molecular weight excluding hydrogens is 464 g/mol. The lowest BCUT2D eigenvalue weighted by Crippen LogP contribution is -2.36. The molecule has 0 aromatic heterocycles. The first kappa shape index (κ1) is 23.3. The van der Waals surface area contributed by atoms with Crippen molar-refractivity contribution in [3.63, 3.8) is 0 Å². The van der Waals surface area contributed by atoms with Crippen LogP contribution in [0.25, 0.3) is 11.1 Å². The van der Waals surface area contributed by atoms with E-state index in [4.69, 9.17) is 16.3 Å². The standard InChI is InChI=1S/C26H18ClF2NO4/c1-34-23-6-3-15(16-10-17(25(32)33)12-20(28)11-16)9-18(23)14-26(7-2-8-30-26)24(31)21-5-4-19(27)13-22(21)29/h2-13H,14H2,1H3,(H,32,33). The minimum absolute atomic E-state index is 0.0268. The molecule has 1 atom stereocenters. The fraction of sp³-hybridized carbons (Fsp3) is 0.115. The van der Waals surface area contributed by atoms with E-state index in [1.807, 2.05) is 0 Å². The Labute approximate surface area is 199 Å². The predicted molar refractivity (Wildman–Crippen MR) is 125 cm³/mol. The van der Waals surface area contributed by atoms with Gasteiger partial charge in [0, 0.05) is 17.7 Å². The Bertz CT molecular complexity index is 1350. The Kier molecular flexibility index (Phi) is 6.30. The lowest BCUT2D eigenvalue weighted by Gasteiger charge is -2.25. The van der Waals surface area contributed by atoms with Crippen molar-refractivity contribution in [1.29, 1.82) is 0 Å². The third-order valence-electron chi connectivity index (χ3n) is 5.55. The van der Waals surface area contributed by atoms with E-state index in [9.17, 15) is 23.5 Å². The van der Waals surface area contributed by atoms with Crippen LogP contribution in [0.1, 0.15) is 26.3 Å². The molecule has 1 aliphatic rings. The molecule has 1 aliphatic heterocycles. The molecular formula is C26H18ClF2NO4. The maximum Gasteiger partial charge on any atom is 0.335 e. The van der Waals surface area contributed by atoms with Gasteiger partial charge in [-0.2, -0.15) is 0 Å². The van der Waals surface area contributed by atoms with Crippen molar-refractivity contribution in [3.8, 4) is 16.9 Å². The quantitative estimate of drug-likeness (QED) is 0.433. The molecule has 1 heterocycles. The normalized spacial score (nSPS) is 16.6. The molecule has 0 saturated heterocycles. The summed E-state index contributed by atoms with van der Waals surface area (Å²) in [5.74, 6) is -2.82. The summed E-state index contributed by atoms with van der Waals surface area (Å²) in [5.41, 5.74) is -0.359. The van der Waals surface area contributed by atoms with E-state index in [1.54, 1.807) is 30.4 Å². The van der Waals surface area contributed by atoms with E-state index in [-0.39, 0.29) is 22.6 Å². The molecule has 3 aromatic rings. The summed E-state index contributed by atoms with van der Waals surface area (Å²) in [6.45, 7) is 0. The van der Waals surface area contributed by atoms with E-state index >= 15 is 0 Å². The molecule has 0 radical (unpaired) electrons. The first-order chi connectivity index (χ1) is 16.2. The molecule has 0 fully saturated rings. The number of hydrogen-bond donors (Lipinski definition) is 1. The van der Waals surface area contributed by atoms with Gasteiger partial charge in [-0.3, -0.25) is 9.79 Å². The number of benzene rings is 3. The van der Waals surface area contributed by atoms with Gasteiger partial charge in [-0.1, -0.05) is 17.7 Å². The van der Waals surface area contributed by atoms with Crippen LogP contribution in [0, 0.1) is 11.6 Å². The van der Waals surface area contributed by atoms with Gasteiger partial charge in [-0.25, -0.2) is 13.6 Å². The number of rotatable bonds is 7. The molecule has 3 aromatic carbocycles. The van der Waals surface area contributed by atoms with Crippen molar-refractivity contribution in [2.75, 3.05) is 7.11 Å². The number of aromatic carboxylic acids is 1. The first-order valence-electron chi connectivity index (χ1n) is 10.2. The largest absolute Gasteiger partial charge is 0.496 e. The van der Waals surface area contributed by atoms with Crippen molar-refractivity contribution in [1.82, 2.24) is 0 Å². The van der Waals surface area contributed by atoms with Gasteiger partial charge in [-0.05, 0) is 77.4 Å². The topological polar surface area (TPSA) is 76.0 Å². The molecule has 34 heavy (non-hydrogen) atoms. The minimum atomic E-state index is -1.42. The second-order valence-corrected chi connectivity index (χ2v) is 8.19.